The van der Waals surface area contributed by atoms with Crippen molar-refractivity contribution < 1.29 is 14.3 Å². The Morgan fingerprint density at radius 3 is 2.67 bits per heavy atom. The molecule has 10 heteroatoms. The number of halogens is 1. The van der Waals surface area contributed by atoms with E-state index in [1.54, 1.807) is 6.92 Å². The number of carbonyl (C=O) groups excluding carboxylic acids is 2. The highest BCUT2D eigenvalue weighted by Gasteiger charge is 2.25. The molecule has 0 unspecified atom stereocenters. The SMILES string of the molecule is CCOC(=O)C1=C(CSc2nnc(-c3ccccc3Cl)n2Cc2ccccc2)NC(=O)NC1. The number of amides is 2. The van der Waals surface area contributed by atoms with E-state index in [-0.39, 0.29) is 19.2 Å². The van der Waals surface area contributed by atoms with Gasteiger partial charge < -0.3 is 15.4 Å². The summed E-state index contributed by atoms with van der Waals surface area (Å²) < 4.78 is 7.11. The van der Waals surface area contributed by atoms with Gasteiger partial charge in [0.2, 0.25) is 0 Å². The molecule has 4 rings (SSSR count). The minimum atomic E-state index is -0.455. The van der Waals surface area contributed by atoms with Crippen molar-refractivity contribution in [3.8, 4) is 11.4 Å². The first-order valence-electron chi connectivity index (χ1n) is 10.4. The summed E-state index contributed by atoms with van der Waals surface area (Å²) >= 11 is 7.81. The molecule has 8 nitrogen and oxygen atoms in total. The fourth-order valence-corrected chi connectivity index (χ4v) is 4.50. The van der Waals surface area contributed by atoms with Crippen LogP contribution in [0.3, 0.4) is 0 Å². The number of esters is 1. The summed E-state index contributed by atoms with van der Waals surface area (Å²) in [5.41, 5.74) is 2.74. The van der Waals surface area contributed by atoms with E-state index in [1.165, 1.54) is 11.8 Å². The highest BCUT2D eigenvalue weighted by Crippen LogP contribution is 2.30. The molecule has 0 saturated heterocycles. The van der Waals surface area contributed by atoms with Crippen LogP contribution in [-0.2, 0) is 16.1 Å². The van der Waals surface area contributed by atoms with Gasteiger partial charge in [0.25, 0.3) is 0 Å². The van der Waals surface area contributed by atoms with Crippen molar-refractivity contribution in [2.45, 2.75) is 18.6 Å². The highest BCUT2D eigenvalue weighted by atomic mass is 35.5. The third kappa shape index (κ3) is 5.37. The first-order chi connectivity index (χ1) is 16.1. The van der Waals surface area contributed by atoms with Crippen LogP contribution in [0.25, 0.3) is 11.4 Å². The molecule has 0 spiro atoms. The molecule has 0 radical (unpaired) electrons. The molecule has 33 heavy (non-hydrogen) atoms. The molecule has 2 amide bonds. The maximum atomic E-state index is 12.3. The van der Waals surface area contributed by atoms with Gasteiger partial charge in [-0.2, -0.15) is 0 Å². The van der Waals surface area contributed by atoms with Crippen molar-refractivity contribution in [2.75, 3.05) is 18.9 Å². The van der Waals surface area contributed by atoms with Gasteiger partial charge in [-0.15, -0.1) is 10.2 Å². The third-order valence-electron chi connectivity index (χ3n) is 4.94. The maximum absolute atomic E-state index is 12.3. The number of nitrogens with one attached hydrogen (secondary N) is 2. The summed E-state index contributed by atoms with van der Waals surface area (Å²) in [5, 5.41) is 15.3. The van der Waals surface area contributed by atoms with E-state index in [2.05, 4.69) is 20.8 Å². The second-order valence-corrected chi connectivity index (χ2v) is 8.48. The lowest BCUT2D eigenvalue weighted by Gasteiger charge is -2.21. The van der Waals surface area contributed by atoms with Crippen molar-refractivity contribution in [3.05, 3.63) is 76.5 Å². The van der Waals surface area contributed by atoms with Gasteiger partial charge in [0, 0.05) is 17.0 Å². The number of carbonyl (C=O) groups is 2. The Bertz CT molecular complexity index is 1200. The largest absolute Gasteiger partial charge is 0.463 e. The van der Waals surface area contributed by atoms with E-state index in [0.29, 0.717) is 39.6 Å². The van der Waals surface area contributed by atoms with Crippen LogP contribution in [0.4, 0.5) is 4.79 Å². The standard InChI is InChI=1S/C23H22ClN5O3S/c1-2-32-21(30)17-12-25-22(31)26-19(17)14-33-23-28-27-20(16-10-6-7-11-18(16)24)29(23)13-15-8-4-3-5-9-15/h3-11H,2,12-14H2,1H3,(H2,25,26,31). The Hall–Kier alpha value is -3.30. The van der Waals surface area contributed by atoms with E-state index in [0.717, 1.165) is 11.1 Å². The Balaban J connectivity index is 1.66. The minimum absolute atomic E-state index is 0.113. The number of hydrogen-bond acceptors (Lipinski definition) is 6. The van der Waals surface area contributed by atoms with Crippen molar-refractivity contribution in [1.82, 2.24) is 25.4 Å². The van der Waals surface area contributed by atoms with Gasteiger partial charge in [-0.05, 0) is 24.6 Å². The Morgan fingerprint density at radius 1 is 1.15 bits per heavy atom. The van der Waals surface area contributed by atoms with E-state index in [9.17, 15) is 9.59 Å². The fourth-order valence-electron chi connectivity index (χ4n) is 3.35. The lowest BCUT2D eigenvalue weighted by Crippen LogP contribution is -2.44. The molecule has 2 heterocycles. The van der Waals surface area contributed by atoms with Crippen LogP contribution >= 0.6 is 23.4 Å². The second kappa shape index (κ2) is 10.5. The number of nitrogens with zero attached hydrogens (tertiary/aromatic N) is 3. The summed E-state index contributed by atoms with van der Waals surface area (Å²) in [7, 11) is 0. The normalized spacial score (nSPS) is 13.5. The van der Waals surface area contributed by atoms with Gasteiger partial charge in [0.05, 0.1) is 30.3 Å². The number of aromatic nitrogens is 3. The fraction of sp³-hybridized carbons (Fsp3) is 0.217. The summed E-state index contributed by atoms with van der Waals surface area (Å²) in [6, 6.07) is 17.1. The minimum Gasteiger partial charge on any atom is -0.463 e. The van der Waals surface area contributed by atoms with Gasteiger partial charge in [-0.3, -0.25) is 4.57 Å². The molecule has 2 N–H and O–H groups in total. The van der Waals surface area contributed by atoms with Gasteiger partial charge >= 0.3 is 12.0 Å². The van der Waals surface area contributed by atoms with Gasteiger partial charge in [0.1, 0.15) is 0 Å². The van der Waals surface area contributed by atoms with E-state index < -0.39 is 5.97 Å². The molecular weight excluding hydrogens is 462 g/mol. The summed E-state index contributed by atoms with van der Waals surface area (Å²) in [5.74, 6) is 0.501. The van der Waals surface area contributed by atoms with Crippen LogP contribution in [-0.4, -0.2) is 45.7 Å². The molecule has 0 bridgehead atoms. The Morgan fingerprint density at radius 2 is 1.91 bits per heavy atom. The highest BCUT2D eigenvalue weighted by molar-refractivity contribution is 7.99. The van der Waals surface area contributed by atoms with E-state index in [4.69, 9.17) is 16.3 Å². The molecule has 2 aromatic carbocycles. The lowest BCUT2D eigenvalue weighted by molar-refractivity contribution is -0.138. The molecule has 0 aliphatic carbocycles. The predicted molar refractivity (Wildman–Crippen MR) is 127 cm³/mol. The summed E-state index contributed by atoms with van der Waals surface area (Å²) in [6.45, 7) is 2.64. The van der Waals surface area contributed by atoms with Crippen LogP contribution in [0.1, 0.15) is 12.5 Å². The first-order valence-corrected chi connectivity index (χ1v) is 11.7. The lowest BCUT2D eigenvalue weighted by atomic mass is 10.2. The zero-order valence-electron chi connectivity index (χ0n) is 17.9. The molecular formula is C23H22ClN5O3S. The average Bonchev–Trinajstić information content (AvgIpc) is 3.21. The molecule has 0 saturated carbocycles. The molecule has 170 valence electrons. The molecule has 0 fully saturated rings. The van der Waals surface area contributed by atoms with E-state index in [1.807, 2.05) is 59.2 Å². The number of benzene rings is 2. The first kappa shape index (κ1) is 22.9. The smallest absolute Gasteiger partial charge is 0.337 e. The topological polar surface area (TPSA) is 98.1 Å². The van der Waals surface area contributed by atoms with Gasteiger partial charge in [0.15, 0.2) is 11.0 Å². The average molecular weight is 484 g/mol. The van der Waals surface area contributed by atoms with Crippen molar-refractivity contribution in [1.29, 1.82) is 0 Å². The van der Waals surface area contributed by atoms with Crippen molar-refractivity contribution >= 4 is 35.4 Å². The molecule has 1 aliphatic rings. The monoisotopic (exact) mass is 483 g/mol. The molecule has 3 aromatic rings. The van der Waals surface area contributed by atoms with Crippen LogP contribution in [0.5, 0.6) is 0 Å². The number of thioether (sulfide) groups is 1. The molecule has 0 atom stereocenters. The van der Waals surface area contributed by atoms with Crippen molar-refractivity contribution in [2.24, 2.45) is 0 Å². The number of ether oxygens (including phenoxy) is 1. The van der Waals surface area contributed by atoms with Crippen LogP contribution < -0.4 is 10.6 Å². The number of hydrogen-bond donors (Lipinski definition) is 2. The van der Waals surface area contributed by atoms with Crippen LogP contribution in [0, 0.1) is 0 Å². The number of rotatable bonds is 8. The van der Waals surface area contributed by atoms with E-state index >= 15 is 0 Å². The molecule has 1 aliphatic heterocycles. The maximum Gasteiger partial charge on any atom is 0.337 e. The quantitative estimate of drug-likeness (QED) is 0.373. The second-order valence-electron chi connectivity index (χ2n) is 7.13. The van der Waals surface area contributed by atoms with Gasteiger partial charge in [-0.1, -0.05) is 65.8 Å². The number of urea groups is 1. The zero-order valence-corrected chi connectivity index (χ0v) is 19.4. The van der Waals surface area contributed by atoms with Crippen molar-refractivity contribution in [3.63, 3.8) is 0 Å². The Kier molecular flexibility index (Phi) is 7.31. The molecule has 1 aromatic heterocycles. The third-order valence-corrected chi connectivity index (χ3v) is 6.26. The Labute approximate surface area is 200 Å². The summed E-state index contributed by atoms with van der Waals surface area (Å²) in [4.78, 5) is 24.2. The van der Waals surface area contributed by atoms with Crippen LogP contribution in [0.2, 0.25) is 5.02 Å². The zero-order chi connectivity index (χ0) is 23.2. The predicted octanol–water partition coefficient (Wildman–Crippen LogP) is 3.87. The van der Waals surface area contributed by atoms with Gasteiger partial charge in [-0.25, -0.2) is 9.59 Å². The summed E-state index contributed by atoms with van der Waals surface area (Å²) in [6.07, 6.45) is 0. The van der Waals surface area contributed by atoms with Crippen LogP contribution in [0.15, 0.2) is 71.0 Å².